The van der Waals surface area contributed by atoms with Crippen molar-refractivity contribution in [2.45, 2.75) is 6.92 Å². The lowest BCUT2D eigenvalue weighted by Gasteiger charge is -2.17. The van der Waals surface area contributed by atoms with Crippen LogP contribution in [0.3, 0.4) is 0 Å². The second-order valence-corrected chi connectivity index (χ2v) is 9.04. The lowest BCUT2D eigenvalue weighted by molar-refractivity contribution is 0.103. The van der Waals surface area contributed by atoms with E-state index in [-0.39, 0.29) is 23.4 Å². The molecule has 0 saturated carbocycles. The van der Waals surface area contributed by atoms with Crippen LogP contribution < -0.4 is 4.72 Å². The Labute approximate surface area is 184 Å². The van der Waals surface area contributed by atoms with Crippen molar-refractivity contribution in [2.75, 3.05) is 18.3 Å². The van der Waals surface area contributed by atoms with Crippen molar-refractivity contribution >= 4 is 32.7 Å². The molecular formula is C21H21FN6O3S. The maximum absolute atomic E-state index is 15.2. The third-order valence-electron chi connectivity index (χ3n) is 5.11. The summed E-state index contributed by atoms with van der Waals surface area (Å²) >= 11 is 0. The fourth-order valence-corrected chi connectivity index (χ4v) is 4.14. The first-order valence-electron chi connectivity index (χ1n) is 9.74. The first-order chi connectivity index (χ1) is 15.2. The number of H-pyrrole nitrogens is 1. The topological polar surface area (TPSA) is 113 Å². The molecule has 3 heterocycles. The molecule has 3 aromatic heterocycles. The Bertz CT molecular complexity index is 1430. The molecule has 0 saturated heterocycles. The number of carbonyl (C=O) groups excluding carboxylic acids is 1. The zero-order valence-corrected chi connectivity index (χ0v) is 18.4. The molecule has 4 aromatic rings. The van der Waals surface area contributed by atoms with Crippen LogP contribution in [0.4, 0.5) is 10.1 Å². The quantitative estimate of drug-likeness (QED) is 0.415. The van der Waals surface area contributed by atoms with Crippen LogP contribution in [0.15, 0.2) is 49.2 Å². The summed E-state index contributed by atoms with van der Waals surface area (Å²) in [7, 11) is -0.733. The van der Waals surface area contributed by atoms with Crippen molar-refractivity contribution in [3.8, 4) is 11.3 Å². The number of halogens is 1. The normalized spacial score (nSPS) is 11.9. The summed E-state index contributed by atoms with van der Waals surface area (Å²) in [4.78, 5) is 24.7. The SMILES string of the molecule is CCN(C)S(=O)(=O)Nc1cccc(C(=O)c2c[nH]c3ncc(-c4cn(C)cn4)cc23)c1F. The van der Waals surface area contributed by atoms with Crippen molar-refractivity contribution in [2.24, 2.45) is 7.05 Å². The molecule has 0 unspecified atom stereocenters. The van der Waals surface area contributed by atoms with Crippen LogP contribution in [0.25, 0.3) is 22.3 Å². The summed E-state index contributed by atoms with van der Waals surface area (Å²) in [5.74, 6) is -1.55. The van der Waals surface area contributed by atoms with Gasteiger partial charge in [0.05, 0.1) is 23.3 Å². The molecule has 1 aromatic carbocycles. The van der Waals surface area contributed by atoms with E-state index >= 15 is 4.39 Å². The molecule has 0 atom stereocenters. The second kappa shape index (κ2) is 8.17. The molecule has 0 bridgehead atoms. The lowest BCUT2D eigenvalue weighted by Crippen LogP contribution is -2.32. The monoisotopic (exact) mass is 456 g/mol. The fraction of sp³-hybridized carbons (Fsp3) is 0.190. The fourth-order valence-electron chi connectivity index (χ4n) is 3.21. The Morgan fingerprint density at radius 1 is 1.28 bits per heavy atom. The largest absolute Gasteiger partial charge is 0.345 e. The maximum atomic E-state index is 15.2. The average Bonchev–Trinajstić information content (AvgIpc) is 3.39. The summed E-state index contributed by atoms with van der Waals surface area (Å²) in [6, 6.07) is 5.76. The zero-order chi connectivity index (χ0) is 23.0. The number of benzene rings is 1. The summed E-state index contributed by atoms with van der Waals surface area (Å²) < 4.78 is 44.7. The average molecular weight is 457 g/mol. The molecule has 9 nitrogen and oxygen atoms in total. The van der Waals surface area contributed by atoms with E-state index in [9.17, 15) is 13.2 Å². The highest BCUT2D eigenvalue weighted by molar-refractivity contribution is 7.90. The van der Waals surface area contributed by atoms with Gasteiger partial charge in [-0.05, 0) is 18.2 Å². The molecule has 0 aliphatic rings. The molecular weight excluding hydrogens is 435 g/mol. The molecule has 0 radical (unpaired) electrons. The summed E-state index contributed by atoms with van der Waals surface area (Å²) in [5, 5.41) is 0.509. The number of aromatic nitrogens is 4. The number of hydrogen-bond donors (Lipinski definition) is 2. The van der Waals surface area contributed by atoms with Crippen molar-refractivity contribution in [1.29, 1.82) is 0 Å². The van der Waals surface area contributed by atoms with E-state index in [1.165, 1.54) is 31.4 Å². The highest BCUT2D eigenvalue weighted by Crippen LogP contribution is 2.28. The number of pyridine rings is 1. The number of aryl methyl sites for hydroxylation is 1. The summed E-state index contributed by atoms with van der Waals surface area (Å²) in [6.45, 7) is 1.86. The Hall–Kier alpha value is -3.57. The number of fused-ring (bicyclic) bond motifs is 1. The number of rotatable bonds is 7. The minimum Gasteiger partial charge on any atom is -0.345 e. The van der Waals surface area contributed by atoms with E-state index < -0.39 is 21.8 Å². The minimum absolute atomic E-state index is 0.205. The molecule has 0 spiro atoms. The van der Waals surface area contributed by atoms with E-state index in [1.807, 2.05) is 13.2 Å². The van der Waals surface area contributed by atoms with E-state index in [1.54, 1.807) is 30.1 Å². The first-order valence-corrected chi connectivity index (χ1v) is 11.2. The van der Waals surface area contributed by atoms with Crippen molar-refractivity contribution in [3.05, 3.63) is 66.1 Å². The number of anilines is 1. The van der Waals surface area contributed by atoms with E-state index in [4.69, 9.17) is 0 Å². The first kappa shape index (κ1) is 21.7. The molecule has 0 aliphatic carbocycles. The van der Waals surface area contributed by atoms with Gasteiger partial charge in [-0.2, -0.15) is 12.7 Å². The number of ketones is 1. The number of imidazole rings is 1. The molecule has 166 valence electrons. The van der Waals surface area contributed by atoms with Crippen molar-refractivity contribution in [1.82, 2.24) is 23.8 Å². The smallest absolute Gasteiger partial charge is 0.301 e. The number of nitrogens with one attached hydrogen (secondary N) is 2. The van der Waals surface area contributed by atoms with Crippen LogP contribution in [0.5, 0.6) is 0 Å². The number of hydrogen-bond acceptors (Lipinski definition) is 5. The van der Waals surface area contributed by atoms with Gasteiger partial charge >= 0.3 is 10.2 Å². The van der Waals surface area contributed by atoms with Gasteiger partial charge in [0.15, 0.2) is 11.6 Å². The number of carbonyl (C=O) groups is 1. The lowest BCUT2D eigenvalue weighted by atomic mass is 10.0. The Kier molecular flexibility index (Phi) is 5.53. The number of aromatic amines is 1. The molecule has 4 rings (SSSR count). The standard InChI is InChI=1S/C21H21FN6O3S/c1-4-28(3)32(30,31)26-17-7-5-6-14(19(17)22)20(29)16-10-24-21-15(16)8-13(9-23-21)18-11-27(2)12-25-18/h5-12,26H,4H2,1-3H3,(H,23,24). The summed E-state index contributed by atoms with van der Waals surface area (Å²) in [6.07, 6.45) is 6.57. The molecule has 0 aliphatic heterocycles. The third kappa shape index (κ3) is 3.87. The Balaban J connectivity index is 1.73. The van der Waals surface area contributed by atoms with Gasteiger partial charge < -0.3 is 9.55 Å². The molecule has 11 heteroatoms. The van der Waals surface area contributed by atoms with Crippen molar-refractivity contribution in [3.63, 3.8) is 0 Å². The van der Waals surface area contributed by atoms with Gasteiger partial charge in [-0.3, -0.25) is 9.52 Å². The van der Waals surface area contributed by atoms with E-state index in [0.717, 1.165) is 4.31 Å². The van der Waals surface area contributed by atoms with E-state index in [2.05, 4.69) is 19.7 Å². The second-order valence-electron chi connectivity index (χ2n) is 7.26. The predicted octanol–water partition coefficient (Wildman–Crippen LogP) is 2.94. The molecule has 2 N–H and O–H groups in total. The van der Waals surface area contributed by atoms with Crippen molar-refractivity contribution < 1.29 is 17.6 Å². The maximum Gasteiger partial charge on any atom is 0.301 e. The third-order valence-corrected chi connectivity index (χ3v) is 6.67. The van der Waals surface area contributed by atoms with Crippen LogP contribution in [-0.2, 0) is 17.3 Å². The number of nitrogens with zero attached hydrogens (tertiary/aromatic N) is 4. The van der Waals surface area contributed by atoms with Gasteiger partial charge in [-0.15, -0.1) is 0 Å². The van der Waals surface area contributed by atoms with Gasteiger partial charge in [-0.1, -0.05) is 13.0 Å². The van der Waals surface area contributed by atoms with Crippen LogP contribution in [0.2, 0.25) is 0 Å². The van der Waals surface area contributed by atoms with Gasteiger partial charge in [-0.25, -0.2) is 14.4 Å². The highest BCUT2D eigenvalue weighted by atomic mass is 32.2. The van der Waals surface area contributed by atoms with E-state index in [0.29, 0.717) is 22.3 Å². The Morgan fingerprint density at radius 3 is 2.75 bits per heavy atom. The predicted molar refractivity (Wildman–Crippen MR) is 119 cm³/mol. The van der Waals surface area contributed by atoms with Gasteiger partial charge in [0.2, 0.25) is 0 Å². The van der Waals surface area contributed by atoms with Crippen LogP contribution in [0, 0.1) is 5.82 Å². The zero-order valence-electron chi connectivity index (χ0n) is 17.6. The summed E-state index contributed by atoms with van der Waals surface area (Å²) in [5.41, 5.74) is 1.52. The molecule has 0 amide bonds. The van der Waals surface area contributed by atoms with Gasteiger partial charge in [0.1, 0.15) is 5.65 Å². The molecule has 32 heavy (non-hydrogen) atoms. The highest BCUT2D eigenvalue weighted by Gasteiger charge is 2.23. The molecule has 0 fully saturated rings. The van der Waals surface area contributed by atoms with Crippen LogP contribution in [-0.4, -0.2) is 51.6 Å². The van der Waals surface area contributed by atoms with Gasteiger partial charge in [0.25, 0.3) is 0 Å². The minimum atomic E-state index is -3.94. The Morgan fingerprint density at radius 2 is 2.06 bits per heavy atom. The van der Waals surface area contributed by atoms with Crippen LogP contribution >= 0.6 is 0 Å². The van der Waals surface area contributed by atoms with Crippen LogP contribution in [0.1, 0.15) is 22.8 Å². The van der Waals surface area contributed by atoms with Gasteiger partial charge in [0, 0.05) is 55.7 Å².